The van der Waals surface area contributed by atoms with Gasteiger partial charge < -0.3 is 10.1 Å². The van der Waals surface area contributed by atoms with E-state index in [0.717, 1.165) is 12.8 Å². The van der Waals surface area contributed by atoms with Crippen LogP contribution in [0.4, 0.5) is 11.5 Å². The summed E-state index contributed by atoms with van der Waals surface area (Å²) >= 11 is 1.17. The highest BCUT2D eigenvalue weighted by atomic mass is 32.2. The van der Waals surface area contributed by atoms with Crippen molar-refractivity contribution >= 4 is 38.8 Å². The second kappa shape index (κ2) is 9.11. The van der Waals surface area contributed by atoms with Crippen molar-refractivity contribution in [2.45, 2.75) is 35.9 Å². The maximum Gasteiger partial charge on any atom is 0.273 e. The highest BCUT2D eigenvalue weighted by molar-refractivity contribution is 7.94. The fourth-order valence-corrected chi connectivity index (χ4v) is 5.97. The maximum absolute atomic E-state index is 12.6. The van der Waals surface area contributed by atoms with E-state index in [1.807, 2.05) is 4.68 Å². The van der Waals surface area contributed by atoms with Crippen molar-refractivity contribution in [1.29, 1.82) is 0 Å². The number of amides is 1. The molecule has 1 aliphatic carbocycles. The van der Waals surface area contributed by atoms with Crippen molar-refractivity contribution < 1.29 is 17.9 Å². The molecule has 10 heteroatoms. The minimum Gasteiger partial charge on any atom is -0.484 e. The van der Waals surface area contributed by atoms with Crippen molar-refractivity contribution in [3.05, 3.63) is 54.0 Å². The van der Waals surface area contributed by atoms with Crippen LogP contribution in [0.15, 0.2) is 58.3 Å². The minimum absolute atomic E-state index is 0.154. The lowest BCUT2D eigenvalue weighted by atomic mass is 10.2. The van der Waals surface area contributed by atoms with Crippen LogP contribution < -0.4 is 14.4 Å². The first-order valence-electron chi connectivity index (χ1n) is 10.0. The Bertz CT molecular complexity index is 1120. The third-order valence-corrected chi connectivity index (χ3v) is 8.45. The van der Waals surface area contributed by atoms with Gasteiger partial charge in [0, 0.05) is 13.1 Å². The molecular weight excluding hydrogens is 436 g/mol. The first kappa shape index (κ1) is 21.4. The van der Waals surface area contributed by atoms with Gasteiger partial charge in [-0.25, -0.2) is 13.1 Å². The number of carbonyl (C=O) groups is 1. The topological polar surface area (TPSA) is 93.5 Å². The molecule has 4 rings (SSSR count). The first-order valence-corrected chi connectivity index (χ1v) is 12.4. The molecule has 164 valence electrons. The van der Waals surface area contributed by atoms with Crippen LogP contribution >= 0.6 is 11.3 Å². The van der Waals surface area contributed by atoms with Crippen LogP contribution in [0, 0.1) is 0 Å². The minimum atomic E-state index is -3.59. The Morgan fingerprint density at radius 1 is 1.23 bits per heavy atom. The van der Waals surface area contributed by atoms with Crippen molar-refractivity contribution in [3.8, 4) is 5.75 Å². The van der Waals surface area contributed by atoms with Crippen molar-refractivity contribution in [3.63, 3.8) is 0 Å². The second-order valence-corrected chi connectivity index (χ2v) is 10.5. The molecular formula is C21H24N4O4S2. The smallest absolute Gasteiger partial charge is 0.273 e. The predicted molar refractivity (Wildman–Crippen MR) is 120 cm³/mol. The van der Waals surface area contributed by atoms with E-state index < -0.39 is 10.0 Å². The summed E-state index contributed by atoms with van der Waals surface area (Å²) in [4.78, 5) is 12.3. The van der Waals surface area contributed by atoms with E-state index in [9.17, 15) is 13.2 Å². The van der Waals surface area contributed by atoms with Gasteiger partial charge in [0.15, 0.2) is 6.61 Å². The number of hydrogen-bond donors (Lipinski definition) is 1. The van der Waals surface area contributed by atoms with Crippen LogP contribution in [0.25, 0.3) is 0 Å². The fourth-order valence-electron chi connectivity index (χ4n) is 3.62. The zero-order chi connectivity index (χ0) is 21.8. The van der Waals surface area contributed by atoms with Crippen LogP contribution in [-0.4, -0.2) is 37.8 Å². The van der Waals surface area contributed by atoms with Crippen molar-refractivity contribution in [2.75, 3.05) is 23.3 Å². The van der Waals surface area contributed by atoms with Gasteiger partial charge in [0.25, 0.3) is 15.9 Å². The lowest BCUT2D eigenvalue weighted by Gasteiger charge is -2.18. The van der Waals surface area contributed by atoms with E-state index in [2.05, 4.69) is 10.4 Å². The van der Waals surface area contributed by atoms with Crippen molar-refractivity contribution in [1.82, 2.24) is 9.78 Å². The Morgan fingerprint density at radius 3 is 2.65 bits per heavy atom. The van der Waals surface area contributed by atoms with E-state index >= 15 is 0 Å². The van der Waals surface area contributed by atoms with E-state index in [1.54, 1.807) is 54.0 Å². The maximum atomic E-state index is 12.6. The summed E-state index contributed by atoms with van der Waals surface area (Å²) in [6.45, 7) is -0.154. The molecule has 1 N–H and O–H groups in total. The van der Waals surface area contributed by atoms with Gasteiger partial charge in [-0.1, -0.05) is 18.9 Å². The van der Waals surface area contributed by atoms with Gasteiger partial charge in [-0.2, -0.15) is 5.10 Å². The number of nitrogens with one attached hydrogen (secondary N) is 1. The molecule has 3 aromatic rings. The Morgan fingerprint density at radius 2 is 1.97 bits per heavy atom. The van der Waals surface area contributed by atoms with Gasteiger partial charge in [0.1, 0.15) is 15.8 Å². The second-order valence-electron chi connectivity index (χ2n) is 7.33. The molecule has 0 radical (unpaired) electrons. The van der Waals surface area contributed by atoms with Gasteiger partial charge in [-0.05, 0) is 48.6 Å². The highest BCUT2D eigenvalue weighted by Gasteiger charge is 2.22. The molecule has 1 aromatic carbocycles. The van der Waals surface area contributed by atoms with Gasteiger partial charge in [-0.15, -0.1) is 11.3 Å². The molecule has 0 unspecified atom stereocenters. The molecule has 31 heavy (non-hydrogen) atoms. The highest BCUT2D eigenvalue weighted by Crippen LogP contribution is 2.31. The summed E-state index contributed by atoms with van der Waals surface area (Å²) in [5.74, 6) is 0.877. The number of aromatic nitrogens is 2. The normalized spacial score (nSPS) is 14.5. The molecule has 8 nitrogen and oxygen atoms in total. The molecule has 0 bridgehead atoms. The lowest BCUT2D eigenvalue weighted by Crippen LogP contribution is -2.25. The summed E-state index contributed by atoms with van der Waals surface area (Å²) < 4.78 is 34.2. The summed E-state index contributed by atoms with van der Waals surface area (Å²) in [7, 11) is -2.08. The van der Waals surface area contributed by atoms with E-state index in [1.165, 1.54) is 35.5 Å². The van der Waals surface area contributed by atoms with Gasteiger partial charge in [-0.3, -0.25) is 9.10 Å². The van der Waals surface area contributed by atoms with Crippen LogP contribution in [-0.2, 0) is 14.8 Å². The average molecular weight is 461 g/mol. The number of thiophene rings is 1. The number of anilines is 2. The van der Waals surface area contributed by atoms with Gasteiger partial charge in [0.2, 0.25) is 0 Å². The Balaban J connectivity index is 1.33. The molecule has 1 aliphatic rings. The molecule has 1 saturated carbocycles. The predicted octanol–water partition coefficient (Wildman–Crippen LogP) is 3.90. The molecule has 1 amide bonds. The summed E-state index contributed by atoms with van der Waals surface area (Å²) in [6, 6.07) is 12.0. The monoisotopic (exact) mass is 460 g/mol. The Kier molecular flexibility index (Phi) is 6.28. The molecule has 0 saturated heterocycles. The van der Waals surface area contributed by atoms with Crippen LogP contribution in [0.2, 0.25) is 0 Å². The van der Waals surface area contributed by atoms with Crippen molar-refractivity contribution in [2.24, 2.45) is 0 Å². The lowest BCUT2D eigenvalue weighted by molar-refractivity contribution is -0.118. The standard InChI is InChI=1S/C21H24N4O4S2/c1-24(31(27,28)21-7-4-14-30-21)16-8-10-18(11-9-16)29-15-20(26)23-19-12-13-22-25(19)17-5-2-3-6-17/h4,7-14,17H,2-3,5-6,15H2,1H3,(H,23,26). The number of benzene rings is 1. The summed E-state index contributed by atoms with van der Waals surface area (Å²) in [6.07, 6.45) is 6.20. The molecule has 2 heterocycles. The summed E-state index contributed by atoms with van der Waals surface area (Å²) in [5, 5.41) is 8.92. The fraction of sp³-hybridized carbons (Fsp3) is 0.333. The number of nitrogens with zero attached hydrogens (tertiary/aromatic N) is 3. The Hall–Kier alpha value is -2.85. The van der Waals surface area contributed by atoms with E-state index in [0.29, 0.717) is 23.3 Å². The molecule has 1 fully saturated rings. The SMILES string of the molecule is CN(c1ccc(OCC(=O)Nc2ccnn2C2CCCC2)cc1)S(=O)(=O)c1cccs1. The van der Waals surface area contributed by atoms with Gasteiger partial charge >= 0.3 is 0 Å². The largest absolute Gasteiger partial charge is 0.484 e. The van der Waals surface area contributed by atoms with Crippen LogP contribution in [0.5, 0.6) is 5.75 Å². The third-order valence-electron chi connectivity index (χ3n) is 5.29. The third kappa shape index (κ3) is 4.75. The van der Waals surface area contributed by atoms with E-state index in [-0.39, 0.29) is 16.7 Å². The number of hydrogen-bond acceptors (Lipinski definition) is 6. The molecule has 0 spiro atoms. The number of sulfonamides is 1. The number of ether oxygens (including phenoxy) is 1. The molecule has 0 atom stereocenters. The number of carbonyl (C=O) groups excluding carboxylic acids is 1. The van der Waals surface area contributed by atoms with Crippen LogP contribution in [0.1, 0.15) is 31.7 Å². The average Bonchev–Trinajstić information content (AvgIpc) is 3.54. The first-order chi connectivity index (χ1) is 14.9. The van der Waals surface area contributed by atoms with Crippen LogP contribution in [0.3, 0.4) is 0 Å². The zero-order valence-electron chi connectivity index (χ0n) is 17.1. The molecule has 2 aromatic heterocycles. The van der Waals surface area contributed by atoms with E-state index in [4.69, 9.17) is 4.74 Å². The van der Waals surface area contributed by atoms with Gasteiger partial charge in [0.05, 0.1) is 17.9 Å². The quantitative estimate of drug-likeness (QED) is 0.550. The number of rotatable bonds is 8. The summed E-state index contributed by atoms with van der Waals surface area (Å²) in [5.41, 5.74) is 0.505. The molecule has 0 aliphatic heterocycles. The zero-order valence-corrected chi connectivity index (χ0v) is 18.7. The Labute approximate surface area is 185 Å².